The van der Waals surface area contributed by atoms with Crippen molar-refractivity contribution in [2.45, 2.75) is 32.0 Å². The standard InChI is InChI=1S/C28H29N3/c1-2-9-21(10-3-1)28-27-25(24-13-6-7-14-26(24)29-27)15-18-31(28)17-8-16-30-19-22-11-4-5-12-23(22)20-30/h1-7,9-14,28-29H,8,15-20H2. The number of para-hydroxylation sites is 1. The lowest BCUT2D eigenvalue weighted by Gasteiger charge is -2.36. The van der Waals surface area contributed by atoms with Crippen LogP contribution in [0.5, 0.6) is 0 Å². The van der Waals surface area contributed by atoms with Gasteiger partial charge in [-0.25, -0.2) is 0 Å². The third-order valence-corrected chi connectivity index (χ3v) is 7.08. The van der Waals surface area contributed by atoms with Gasteiger partial charge in [0.1, 0.15) is 0 Å². The fourth-order valence-electron chi connectivity index (χ4n) is 5.60. The van der Waals surface area contributed by atoms with Crippen LogP contribution in [0, 0.1) is 0 Å². The van der Waals surface area contributed by atoms with Crippen molar-refractivity contribution in [2.75, 3.05) is 19.6 Å². The van der Waals surface area contributed by atoms with Crippen molar-refractivity contribution in [3.8, 4) is 0 Å². The molecule has 0 spiro atoms. The van der Waals surface area contributed by atoms with Crippen molar-refractivity contribution in [3.05, 3.63) is 107 Å². The van der Waals surface area contributed by atoms with Crippen molar-refractivity contribution in [1.82, 2.24) is 14.8 Å². The molecule has 0 amide bonds. The first-order valence-corrected chi connectivity index (χ1v) is 11.5. The number of aromatic nitrogens is 1. The van der Waals surface area contributed by atoms with Crippen LogP contribution in [0.4, 0.5) is 0 Å². The molecule has 1 atom stereocenters. The fraction of sp³-hybridized carbons (Fsp3) is 0.286. The minimum Gasteiger partial charge on any atom is -0.357 e. The van der Waals surface area contributed by atoms with Crippen LogP contribution >= 0.6 is 0 Å². The third-order valence-electron chi connectivity index (χ3n) is 7.08. The molecule has 1 unspecified atom stereocenters. The van der Waals surface area contributed by atoms with Gasteiger partial charge < -0.3 is 4.98 Å². The number of H-pyrrole nitrogens is 1. The molecule has 156 valence electrons. The maximum atomic E-state index is 3.79. The van der Waals surface area contributed by atoms with Crippen LogP contribution in [-0.4, -0.2) is 34.4 Å². The zero-order chi connectivity index (χ0) is 20.6. The summed E-state index contributed by atoms with van der Waals surface area (Å²) in [6.45, 7) is 5.61. The normalized spacial score (nSPS) is 18.9. The van der Waals surface area contributed by atoms with Gasteiger partial charge in [0.25, 0.3) is 0 Å². The van der Waals surface area contributed by atoms with Gasteiger partial charge in [0.05, 0.1) is 6.04 Å². The van der Waals surface area contributed by atoms with Gasteiger partial charge in [-0.2, -0.15) is 0 Å². The molecule has 3 nitrogen and oxygen atoms in total. The van der Waals surface area contributed by atoms with E-state index in [1.807, 2.05) is 0 Å². The van der Waals surface area contributed by atoms with Crippen LogP contribution in [0.15, 0.2) is 78.9 Å². The van der Waals surface area contributed by atoms with Crippen LogP contribution < -0.4 is 0 Å². The lowest BCUT2D eigenvalue weighted by atomic mass is 9.92. The van der Waals surface area contributed by atoms with Gasteiger partial charge in [-0.05, 0) is 41.2 Å². The van der Waals surface area contributed by atoms with E-state index >= 15 is 0 Å². The van der Waals surface area contributed by atoms with Crippen LogP contribution in [0.3, 0.4) is 0 Å². The highest BCUT2D eigenvalue weighted by atomic mass is 15.2. The highest BCUT2D eigenvalue weighted by Gasteiger charge is 2.31. The lowest BCUT2D eigenvalue weighted by molar-refractivity contribution is 0.188. The van der Waals surface area contributed by atoms with E-state index in [2.05, 4.69) is 93.6 Å². The Balaban J connectivity index is 1.22. The predicted octanol–water partition coefficient (Wildman–Crippen LogP) is 5.52. The molecule has 0 radical (unpaired) electrons. The smallest absolute Gasteiger partial charge is 0.0757 e. The van der Waals surface area contributed by atoms with Gasteiger partial charge in [-0.1, -0.05) is 72.8 Å². The molecule has 1 aromatic heterocycles. The largest absolute Gasteiger partial charge is 0.357 e. The summed E-state index contributed by atoms with van der Waals surface area (Å²) in [6.07, 6.45) is 2.32. The molecule has 3 heteroatoms. The Bertz CT molecular complexity index is 1170. The number of hydrogen-bond donors (Lipinski definition) is 1. The maximum Gasteiger partial charge on any atom is 0.0757 e. The number of benzene rings is 3. The average Bonchev–Trinajstić information content (AvgIpc) is 3.40. The summed E-state index contributed by atoms with van der Waals surface area (Å²) in [7, 11) is 0. The van der Waals surface area contributed by atoms with E-state index in [1.165, 1.54) is 45.3 Å². The predicted molar refractivity (Wildman–Crippen MR) is 127 cm³/mol. The van der Waals surface area contributed by atoms with Gasteiger partial charge in [0.15, 0.2) is 0 Å². The van der Waals surface area contributed by atoms with Gasteiger partial charge >= 0.3 is 0 Å². The molecular formula is C28H29N3. The second-order valence-electron chi connectivity index (χ2n) is 8.99. The lowest BCUT2D eigenvalue weighted by Crippen LogP contribution is -2.37. The van der Waals surface area contributed by atoms with E-state index in [4.69, 9.17) is 0 Å². The van der Waals surface area contributed by atoms with Crippen molar-refractivity contribution in [1.29, 1.82) is 0 Å². The van der Waals surface area contributed by atoms with E-state index in [0.717, 1.165) is 39.1 Å². The maximum absolute atomic E-state index is 3.79. The van der Waals surface area contributed by atoms with Crippen LogP contribution in [-0.2, 0) is 19.5 Å². The molecule has 0 aliphatic carbocycles. The van der Waals surface area contributed by atoms with Gasteiger partial charge in [-0.15, -0.1) is 0 Å². The third kappa shape index (κ3) is 3.48. The van der Waals surface area contributed by atoms with Crippen molar-refractivity contribution in [2.24, 2.45) is 0 Å². The molecule has 0 saturated heterocycles. The Hall–Kier alpha value is -2.88. The highest BCUT2D eigenvalue weighted by Crippen LogP contribution is 2.38. The Kier molecular flexibility index (Phi) is 4.86. The number of hydrogen-bond acceptors (Lipinski definition) is 2. The summed E-state index contributed by atoms with van der Waals surface area (Å²) in [5.41, 5.74) is 8.58. The quantitative estimate of drug-likeness (QED) is 0.470. The van der Waals surface area contributed by atoms with Gasteiger partial charge in [0, 0.05) is 49.3 Å². The molecule has 6 rings (SSSR count). The molecule has 0 fully saturated rings. The summed E-state index contributed by atoms with van der Waals surface area (Å²) in [5.74, 6) is 0. The second-order valence-corrected chi connectivity index (χ2v) is 8.99. The average molecular weight is 408 g/mol. The summed E-state index contributed by atoms with van der Waals surface area (Å²) in [5, 5.41) is 1.40. The first-order chi connectivity index (χ1) is 15.4. The van der Waals surface area contributed by atoms with Crippen LogP contribution in [0.2, 0.25) is 0 Å². The molecule has 1 N–H and O–H groups in total. The van der Waals surface area contributed by atoms with Gasteiger partial charge in [-0.3, -0.25) is 9.80 Å². The SMILES string of the molecule is c1ccc(C2c3[nH]c4ccccc4c3CCN2CCCN2Cc3ccccc3C2)cc1. The molecule has 3 heterocycles. The Morgan fingerprint density at radius 3 is 2.29 bits per heavy atom. The van der Waals surface area contributed by atoms with E-state index in [9.17, 15) is 0 Å². The van der Waals surface area contributed by atoms with Crippen molar-refractivity contribution < 1.29 is 0 Å². The molecule has 31 heavy (non-hydrogen) atoms. The van der Waals surface area contributed by atoms with Crippen molar-refractivity contribution in [3.63, 3.8) is 0 Å². The highest BCUT2D eigenvalue weighted by molar-refractivity contribution is 5.85. The first kappa shape index (κ1) is 18.9. The van der Waals surface area contributed by atoms with Crippen LogP contribution in [0.1, 0.15) is 40.4 Å². The van der Waals surface area contributed by atoms with E-state index in [-0.39, 0.29) is 0 Å². The Morgan fingerprint density at radius 2 is 1.48 bits per heavy atom. The molecule has 3 aromatic carbocycles. The Labute approximate surface area is 184 Å². The van der Waals surface area contributed by atoms with Crippen LogP contribution in [0.25, 0.3) is 10.9 Å². The number of nitrogens with zero attached hydrogens (tertiary/aromatic N) is 2. The van der Waals surface area contributed by atoms with Crippen molar-refractivity contribution >= 4 is 10.9 Å². The number of fused-ring (bicyclic) bond motifs is 4. The number of nitrogens with one attached hydrogen (secondary N) is 1. The zero-order valence-electron chi connectivity index (χ0n) is 17.9. The Morgan fingerprint density at radius 1 is 0.774 bits per heavy atom. The monoisotopic (exact) mass is 407 g/mol. The molecule has 2 aliphatic rings. The molecule has 2 aliphatic heterocycles. The minimum absolute atomic E-state index is 0.313. The summed E-state index contributed by atoms with van der Waals surface area (Å²) in [6, 6.07) is 29.0. The second kappa shape index (κ2) is 7.99. The molecule has 0 saturated carbocycles. The molecular weight excluding hydrogens is 378 g/mol. The fourth-order valence-corrected chi connectivity index (χ4v) is 5.60. The van der Waals surface area contributed by atoms with E-state index < -0.39 is 0 Å². The summed E-state index contributed by atoms with van der Waals surface area (Å²) < 4.78 is 0. The van der Waals surface area contributed by atoms with Gasteiger partial charge in [0.2, 0.25) is 0 Å². The summed E-state index contributed by atoms with van der Waals surface area (Å²) in [4.78, 5) is 9.07. The van der Waals surface area contributed by atoms with E-state index in [1.54, 1.807) is 0 Å². The van der Waals surface area contributed by atoms with E-state index in [0.29, 0.717) is 6.04 Å². The zero-order valence-corrected chi connectivity index (χ0v) is 17.9. The molecule has 4 aromatic rings. The number of aromatic amines is 1. The minimum atomic E-state index is 0.313. The molecule has 0 bridgehead atoms. The summed E-state index contributed by atoms with van der Waals surface area (Å²) >= 11 is 0. The first-order valence-electron chi connectivity index (χ1n) is 11.5. The number of rotatable bonds is 5. The topological polar surface area (TPSA) is 22.3 Å².